The lowest BCUT2D eigenvalue weighted by atomic mass is 10.1. The van der Waals surface area contributed by atoms with E-state index in [0.29, 0.717) is 24.5 Å². The van der Waals surface area contributed by atoms with Crippen LogP contribution >= 0.6 is 0 Å². The first-order valence-electron chi connectivity index (χ1n) is 8.61. The largest absolute Gasteiger partial charge is 0.497 e. The molecule has 0 bridgehead atoms. The maximum atomic E-state index is 13.7. The van der Waals surface area contributed by atoms with Crippen molar-refractivity contribution in [3.05, 3.63) is 59.2 Å². The van der Waals surface area contributed by atoms with Crippen molar-refractivity contribution in [3.8, 4) is 11.5 Å². The molecule has 2 rings (SSSR count). The summed E-state index contributed by atoms with van der Waals surface area (Å²) < 4.78 is 37.6. The zero-order valence-electron chi connectivity index (χ0n) is 16.0. The molecule has 7 heteroatoms. The van der Waals surface area contributed by atoms with E-state index in [1.54, 1.807) is 21.3 Å². The van der Waals surface area contributed by atoms with Crippen LogP contribution in [0.25, 0.3) is 0 Å². The summed E-state index contributed by atoms with van der Waals surface area (Å²) in [7, 11) is 4.86. The first-order valence-corrected chi connectivity index (χ1v) is 8.61. The van der Waals surface area contributed by atoms with Gasteiger partial charge in [-0.3, -0.25) is 4.99 Å². The molecule has 0 aliphatic heterocycles. The van der Waals surface area contributed by atoms with Gasteiger partial charge in [0.25, 0.3) is 0 Å². The number of nitrogens with one attached hydrogen (secondary N) is 2. The molecule has 1 unspecified atom stereocenters. The van der Waals surface area contributed by atoms with E-state index in [4.69, 9.17) is 9.47 Å². The van der Waals surface area contributed by atoms with Gasteiger partial charge in [-0.05, 0) is 55.3 Å². The van der Waals surface area contributed by atoms with Gasteiger partial charge in [-0.1, -0.05) is 0 Å². The van der Waals surface area contributed by atoms with Crippen LogP contribution in [0.1, 0.15) is 24.1 Å². The first-order chi connectivity index (χ1) is 13.0. The second-order valence-electron chi connectivity index (χ2n) is 5.96. The summed E-state index contributed by atoms with van der Waals surface area (Å²) in [6.07, 6.45) is 0.334. The number of hydrogen-bond donors (Lipinski definition) is 2. The van der Waals surface area contributed by atoms with Gasteiger partial charge >= 0.3 is 0 Å². The number of guanidine groups is 1. The highest BCUT2D eigenvalue weighted by molar-refractivity contribution is 5.80. The van der Waals surface area contributed by atoms with Crippen LogP contribution in [0, 0.1) is 11.6 Å². The zero-order valence-corrected chi connectivity index (χ0v) is 16.0. The van der Waals surface area contributed by atoms with Crippen molar-refractivity contribution in [1.29, 1.82) is 0 Å². The lowest BCUT2D eigenvalue weighted by molar-refractivity contribution is 0.394. The van der Waals surface area contributed by atoms with E-state index in [2.05, 4.69) is 15.6 Å². The highest BCUT2D eigenvalue weighted by atomic mass is 19.1. The lowest BCUT2D eigenvalue weighted by Crippen LogP contribution is -2.39. The molecular weight excluding hydrogens is 352 g/mol. The fourth-order valence-corrected chi connectivity index (χ4v) is 2.71. The number of halogens is 2. The van der Waals surface area contributed by atoms with Gasteiger partial charge in [0.05, 0.1) is 20.3 Å². The van der Waals surface area contributed by atoms with Crippen LogP contribution in [0.2, 0.25) is 0 Å². The highest BCUT2D eigenvalue weighted by Gasteiger charge is 2.14. The van der Waals surface area contributed by atoms with Crippen molar-refractivity contribution in [1.82, 2.24) is 10.6 Å². The summed E-state index contributed by atoms with van der Waals surface area (Å²) in [6.45, 7) is 2.37. The molecule has 2 aromatic rings. The summed E-state index contributed by atoms with van der Waals surface area (Å²) in [5, 5.41) is 6.37. The zero-order chi connectivity index (χ0) is 19.8. The third-order valence-corrected chi connectivity index (χ3v) is 4.17. The summed E-state index contributed by atoms with van der Waals surface area (Å²) in [4.78, 5) is 4.18. The van der Waals surface area contributed by atoms with E-state index in [1.165, 1.54) is 6.07 Å². The molecule has 2 N–H and O–H groups in total. The van der Waals surface area contributed by atoms with E-state index in [1.807, 2.05) is 25.1 Å². The van der Waals surface area contributed by atoms with Crippen LogP contribution < -0.4 is 20.1 Å². The number of ether oxygens (including phenoxy) is 2. The van der Waals surface area contributed by atoms with Gasteiger partial charge < -0.3 is 20.1 Å². The van der Waals surface area contributed by atoms with E-state index in [0.717, 1.165) is 29.2 Å². The van der Waals surface area contributed by atoms with Crippen LogP contribution in [0.3, 0.4) is 0 Å². The first kappa shape index (κ1) is 20.5. The molecule has 0 aliphatic carbocycles. The molecule has 0 aromatic heterocycles. The molecule has 0 aliphatic rings. The normalized spacial score (nSPS) is 12.4. The Morgan fingerprint density at radius 3 is 2.56 bits per heavy atom. The molecule has 27 heavy (non-hydrogen) atoms. The third-order valence-electron chi connectivity index (χ3n) is 4.17. The minimum Gasteiger partial charge on any atom is -0.497 e. The van der Waals surface area contributed by atoms with Gasteiger partial charge in [0.2, 0.25) is 0 Å². The van der Waals surface area contributed by atoms with Crippen LogP contribution in [0.4, 0.5) is 8.78 Å². The lowest BCUT2D eigenvalue weighted by Gasteiger charge is -2.21. The van der Waals surface area contributed by atoms with E-state index in [-0.39, 0.29) is 6.04 Å². The second kappa shape index (κ2) is 9.75. The molecule has 146 valence electrons. The van der Waals surface area contributed by atoms with Gasteiger partial charge in [-0.15, -0.1) is 0 Å². The number of nitrogens with zero attached hydrogens (tertiary/aromatic N) is 1. The van der Waals surface area contributed by atoms with Gasteiger partial charge in [0.15, 0.2) is 5.96 Å². The van der Waals surface area contributed by atoms with Crippen molar-refractivity contribution in [2.45, 2.75) is 19.4 Å². The van der Waals surface area contributed by atoms with Crippen molar-refractivity contribution in [2.75, 3.05) is 27.8 Å². The molecule has 0 amide bonds. The Labute approximate surface area is 158 Å². The summed E-state index contributed by atoms with van der Waals surface area (Å²) in [5.74, 6) is 1.13. The number of benzene rings is 2. The van der Waals surface area contributed by atoms with E-state index < -0.39 is 11.6 Å². The van der Waals surface area contributed by atoms with Crippen LogP contribution in [0.15, 0.2) is 41.4 Å². The molecule has 0 saturated carbocycles. The molecule has 1 atom stereocenters. The average Bonchev–Trinajstić information content (AvgIpc) is 2.68. The van der Waals surface area contributed by atoms with E-state index >= 15 is 0 Å². The van der Waals surface area contributed by atoms with E-state index in [9.17, 15) is 8.78 Å². The summed E-state index contributed by atoms with van der Waals surface area (Å²) in [6, 6.07) is 8.89. The summed E-state index contributed by atoms with van der Waals surface area (Å²) >= 11 is 0. The Kier molecular flexibility index (Phi) is 7.40. The van der Waals surface area contributed by atoms with Crippen molar-refractivity contribution in [3.63, 3.8) is 0 Å². The SMILES string of the molecule is CN=C(NCCc1cc(F)ccc1F)NC(C)c1cc(OC)ccc1OC. The maximum Gasteiger partial charge on any atom is 0.191 e. The fraction of sp³-hybridized carbons (Fsp3) is 0.350. The van der Waals surface area contributed by atoms with Crippen LogP contribution in [-0.4, -0.2) is 33.8 Å². The Morgan fingerprint density at radius 2 is 1.89 bits per heavy atom. The van der Waals surface area contributed by atoms with Crippen molar-refractivity contribution >= 4 is 5.96 Å². The van der Waals surface area contributed by atoms with Gasteiger partial charge in [0, 0.05) is 19.2 Å². The number of methoxy groups -OCH3 is 2. The quantitative estimate of drug-likeness (QED) is 0.573. The topological polar surface area (TPSA) is 54.9 Å². The Balaban J connectivity index is 1.99. The molecule has 0 radical (unpaired) electrons. The Bertz CT molecular complexity index is 797. The molecule has 0 spiro atoms. The second-order valence-corrected chi connectivity index (χ2v) is 5.96. The Hall–Kier alpha value is -2.83. The minimum atomic E-state index is -0.451. The molecule has 0 heterocycles. The summed E-state index contributed by atoms with van der Waals surface area (Å²) in [5.41, 5.74) is 1.23. The molecular formula is C20H25F2N3O2. The van der Waals surface area contributed by atoms with Crippen LogP contribution in [-0.2, 0) is 6.42 Å². The molecule has 5 nitrogen and oxygen atoms in total. The third kappa shape index (κ3) is 5.57. The number of aliphatic imine (C=N–C) groups is 1. The number of rotatable bonds is 7. The van der Waals surface area contributed by atoms with Crippen LogP contribution in [0.5, 0.6) is 11.5 Å². The van der Waals surface area contributed by atoms with Gasteiger partial charge in [-0.25, -0.2) is 8.78 Å². The molecule has 0 saturated heterocycles. The standard InChI is InChI=1S/C20H25F2N3O2/c1-13(17-12-16(26-3)6-8-19(17)27-4)25-20(23-2)24-10-9-14-11-15(21)5-7-18(14)22/h5-8,11-13H,9-10H2,1-4H3,(H2,23,24,25). The molecule has 2 aromatic carbocycles. The average molecular weight is 377 g/mol. The predicted molar refractivity (Wildman–Crippen MR) is 103 cm³/mol. The van der Waals surface area contributed by atoms with Gasteiger partial charge in [-0.2, -0.15) is 0 Å². The number of hydrogen-bond acceptors (Lipinski definition) is 3. The highest BCUT2D eigenvalue weighted by Crippen LogP contribution is 2.29. The smallest absolute Gasteiger partial charge is 0.191 e. The maximum absolute atomic E-state index is 13.7. The molecule has 0 fully saturated rings. The monoisotopic (exact) mass is 377 g/mol. The fourth-order valence-electron chi connectivity index (χ4n) is 2.71. The van der Waals surface area contributed by atoms with Crippen molar-refractivity contribution < 1.29 is 18.3 Å². The van der Waals surface area contributed by atoms with Gasteiger partial charge in [0.1, 0.15) is 23.1 Å². The Morgan fingerprint density at radius 1 is 1.11 bits per heavy atom. The minimum absolute atomic E-state index is 0.118. The predicted octanol–water partition coefficient (Wildman–Crippen LogP) is 3.45. The van der Waals surface area contributed by atoms with Crippen molar-refractivity contribution in [2.24, 2.45) is 4.99 Å².